The number of hydrogen-bond acceptors (Lipinski definition) is 3. The number of fused-ring (bicyclic) bond motifs is 2. The highest BCUT2D eigenvalue weighted by Crippen LogP contribution is 2.61. The van der Waals surface area contributed by atoms with E-state index in [2.05, 4.69) is 6.07 Å². The summed E-state index contributed by atoms with van der Waals surface area (Å²) in [5, 5.41) is 18.9. The van der Waals surface area contributed by atoms with Gasteiger partial charge in [0.05, 0.1) is 28.8 Å². The van der Waals surface area contributed by atoms with Gasteiger partial charge in [-0.05, 0) is 27.2 Å². The fourth-order valence-electron chi connectivity index (χ4n) is 2.80. The van der Waals surface area contributed by atoms with Crippen molar-refractivity contribution in [1.29, 1.82) is 5.26 Å². The molecule has 2 bridgehead atoms. The average molecular weight is 181 g/mol. The summed E-state index contributed by atoms with van der Waals surface area (Å²) in [4.78, 5) is 0. The van der Waals surface area contributed by atoms with Crippen LogP contribution < -0.4 is 0 Å². The smallest absolute Gasteiger partial charge is 0.0937 e. The van der Waals surface area contributed by atoms with Gasteiger partial charge in [0.25, 0.3) is 0 Å². The Labute approximate surface area is 78.3 Å². The molecule has 3 heteroatoms. The molecule has 2 rings (SSSR count). The zero-order valence-electron chi connectivity index (χ0n) is 8.29. The molecule has 2 aliphatic rings. The van der Waals surface area contributed by atoms with Gasteiger partial charge >= 0.3 is 0 Å². The molecular formula is C10H15NO2. The second kappa shape index (κ2) is 2.08. The number of rotatable bonds is 0. The average Bonchev–Trinajstić information content (AvgIpc) is 2.34. The predicted octanol–water partition coefficient (Wildman–Crippen LogP) is 1.22. The quantitative estimate of drug-likeness (QED) is 0.611. The van der Waals surface area contributed by atoms with Crippen LogP contribution in [0.3, 0.4) is 0 Å². The van der Waals surface area contributed by atoms with Crippen LogP contribution in [0, 0.1) is 16.7 Å². The molecule has 0 unspecified atom stereocenters. The molecule has 0 amide bonds. The summed E-state index contributed by atoms with van der Waals surface area (Å²) in [6.45, 7) is 5.77. The molecule has 72 valence electrons. The number of nitriles is 1. The van der Waals surface area contributed by atoms with E-state index in [1.165, 1.54) is 0 Å². The van der Waals surface area contributed by atoms with E-state index in [4.69, 9.17) is 10.00 Å². The van der Waals surface area contributed by atoms with Crippen molar-refractivity contribution in [2.75, 3.05) is 0 Å². The summed E-state index contributed by atoms with van der Waals surface area (Å²) in [6, 6.07) is 2.33. The van der Waals surface area contributed by atoms with Crippen LogP contribution in [0.25, 0.3) is 0 Å². The molecule has 1 N–H and O–H groups in total. The van der Waals surface area contributed by atoms with Gasteiger partial charge in [-0.2, -0.15) is 5.26 Å². The normalized spacial score (nSPS) is 52.1. The van der Waals surface area contributed by atoms with Gasteiger partial charge in [-0.25, -0.2) is 0 Å². The van der Waals surface area contributed by atoms with Crippen LogP contribution in [0.2, 0.25) is 0 Å². The van der Waals surface area contributed by atoms with Crippen molar-refractivity contribution in [3.05, 3.63) is 0 Å². The lowest BCUT2D eigenvalue weighted by molar-refractivity contribution is -0.175. The van der Waals surface area contributed by atoms with Crippen molar-refractivity contribution in [3.8, 4) is 6.07 Å². The minimum absolute atomic E-state index is 0.421. The molecule has 3 nitrogen and oxygen atoms in total. The van der Waals surface area contributed by atoms with Gasteiger partial charge in [-0.1, -0.05) is 0 Å². The molecule has 1 aliphatic heterocycles. The van der Waals surface area contributed by atoms with E-state index in [1.54, 1.807) is 0 Å². The second-order valence-corrected chi connectivity index (χ2v) is 5.02. The number of hydrogen-bond donors (Lipinski definition) is 1. The first kappa shape index (κ1) is 8.98. The van der Waals surface area contributed by atoms with Crippen LogP contribution in [-0.4, -0.2) is 22.4 Å². The van der Waals surface area contributed by atoms with E-state index in [-0.39, 0.29) is 0 Å². The summed E-state index contributed by atoms with van der Waals surface area (Å²) in [7, 11) is 0. The highest BCUT2D eigenvalue weighted by atomic mass is 16.5. The Hall–Kier alpha value is -0.590. The van der Waals surface area contributed by atoms with Crippen LogP contribution in [0.5, 0.6) is 0 Å². The SMILES string of the molecule is CC1(C)O[C@]2(C)C[C@@]1(C#N)C[C@H]2O. The van der Waals surface area contributed by atoms with Gasteiger partial charge in [0.1, 0.15) is 0 Å². The van der Waals surface area contributed by atoms with Crippen molar-refractivity contribution in [1.82, 2.24) is 0 Å². The zero-order valence-corrected chi connectivity index (χ0v) is 8.29. The molecule has 0 spiro atoms. The lowest BCUT2D eigenvalue weighted by Gasteiger charge is -2.40. The highest BCUT2D eigenvalue weighted by Gasteiger charge is 2.68. The molecule has 1 aliphatic carbocycles. The van der Waals surface area contributed by atoms with E-state index in [0.717, 1.165) is 0 Å². The molecule has 0 aromatic rings. The second-order valence-electron chi connectivity index (χ2n) is 5.02. The summed E-state index contributed by atoms with van der Waals surface area (Å²) >= 11 is 0. The minimum Gasteiger partial charge on any atom is -0.390 e. The maximum absolute atomic E-state index is 9.73. The molecule has 13 heavy (non-hydrogen) atoms. The Morgan fingerprint density at radius 1 is 1.46 bits per heavy atom. The molecule has 1 saturated carbocycles. The van der Waals surface area contributed by atoms with Crippen LogP contribution in [0.1, 0.15) is 33.6 Å². The lowest BCUT2D eigenvalue weighted by atomic mass is 9.74. The standard InChI is InChI=1S/C10H15NO2/c1-8(2)10(6-11)4-7(12)9(3,5-10)13-8/h7,12H,4-5H2,1-3H3/t7-,9-,10-/m1/s1. The first-order valence-electron chi connectivity index (χ1n) is 4.65. The predicted molar refractivity (Wildman–Crippen MR) is 46.9 cm³/mol. The third kappa shape index (κ3) is 0.853. The van der Waals surface area contributed by atoms with Crippen LogP contribution in [0.15, 0.2) is 0 Å². The van der Waals surface area contributed by atoms with E-state index >= 15 is 0 Å². The first-order valence-corrected chi connectivity index (χ1v) is 4.65. The monoisotopic (exact) mass is 181 g/mol. The molecule has 3 atom stereocenters. The summed E-state index contributed by atoms with van der Waals surface area (Å²) in [6.07, 6.45) is 0.720. The Kier molecular flexibility index (Phi) is 1.43. The van der Waals surface area contributed by atoms with Gasteiger partial charge in [0.2, 0.25) is 0 Å². The molecule has 0 aromatic carbocycles. The number of aliphatic hydroxyl groups excluding tert-OH is 1. The van der Waals surface area contributed by atoms with E-state index in [1.807, 2.05) is 20.8 Å². The van der Waals surface area contributed by atoms with E-state index < -0.39 is 22.7 Å². The fourth-order valence-corrected chi connectivity index (χ4v) is 2.80. The third-order valence-corrected chi connectivity index (χ3v) is 3.75. The Morgan fingerprint density at radius 2 is 2.08 bits per heavy atom. The van der Waals surface area contributed by atoms with E-state index in [9.17, 15) is 5.11 Å². The minimum atomic E-state index is -0.501. The maximum atomic E-state index is 9.73. The van der Waals surface area contributed by atoms with Crippen molar-refractivity contribution in [2.45, 2.75) is 50.9 Å². The number of ether oxygens (including phenoxy) is 1. The van der Waals surface area contributed by atoms with Gasteiger partial charge in [-0.15, -0.1) is 0 Å². The molecular weight excluding hydrogens is 166 g/mol. The lowest BCUT2D eigenvalue weighted by Crippen LogP contribution is -2.48. The van der Waals surface area contributed by atoms with Crippen molar-refractivity contribution in [2.24, 2.45) is 5.41 Å². The van der Waals surface area contributed by atoms with Gasteiger partial charge in [0.15, 0.2) is 0 Å². The number of aliphatic hydroxyl groups is 1. The van der Waals surface area contributed by atoms with Gasteiger partial charge < -0.3 is 9.84 Å². The van der Waals surface area contributed by atoms with Crippen molar-refractivity contribution in [3.63, 3.8) is 0 Å². The van der Waals surface area contributed by atoms with Crippen molar-refractivity contribution >= 4 is 0 Å². The topological polar surface area (TPSA) is 53.2 Å². The molecule has 2 fully saturated rings. The summed E-state index contributed by atoms with van der Waals surface area (Å²) < 4.78 is 5.77. The van der Waals surface area contributed by atoms with Crippen LogP contribution in [-0.2, 0) is 4.74 Å². The summed E-state index contributed by atoms with van der Waals surface area (Å²) in [5.41, 5.74) is -1.41. The van der Waals surface area contributed by atoms with E-state index in [0.29, 0.717) is 12.8 Å². The van der Waals surface area contributed by atoms with Gasteiger partial charge in [0, 0.05) is 6.42 Å². The van der Waals surface area contributed by atoms with Gasteiger partial charge in [-0.3, -0.25) is 0 Å². The fraction of sp³-hybridized carbons (Fsp3) is 0.900. The number of nitrogens with zero attached hydrogens (tertiary/aromatic N) is 1. The Morgan fingerprint density at radius 3 is 2.38 bits per heavy atom. The molecule has 0 radical (unpaired) electrons. The molecule has 1 heterocycles. The molecule has 1 saturated heterocycles. The van der Waals surface area contributed by atoms with Crippen molar-refractivity contribution < 1.29 is 9.84 Å². The zero-order chi connectivity index (χ0) is 9.91. The first-order chi connectivity index (χ1) is 5.85. The van der Waals surface area contributed by atoms with Crippen LogP contribution >= 0.6 is 0 Å². The molecule has 0 aromatic heterocycles. The highest BCUT2D eigenvalue weighted by molar-refractivity contribution is 5.24. The largest absolute Gasteiger partial charge is 0.390 e. The Bertz CT molecular complexity index is 294. The third-order valence-electron chi connectivity index (χ3n) is 3.75. The van der Waals surface area contributed by atoms with Crippen LogP contribution in [0.4, 0.5) is 0 Å². The summed E-state index contributed by atoms with van der Waals surface area (Å²) in [5.74, 6) is 0. The Balaban J connectivity index is 2.45. The maximum Gasteiger partial charge on any atom is 0.0937 e.